The Balaban J connectivity index is 2.41. The second-order valence-corrected chi connectivity index (χ2v) is 7.02. The lowest BCUT2D eigenvalue weighted by atomic mass is 10.2. The van der Waals surface area contributed by atoms with Crippen molar-refractivity contribution < 1.29 is 8.42 Å². The van der Waals surface area contributed by atoms with E-state index in [0.29, 0.717) is 15.7 Å². The summed E-state index contributed by atoms with van der Waals surface area (Å²) in [6, 6.07) is 11.6. The van der Waals surface area contributed by atoms with E-state index in [0.717, 1.165) is 0 Å². The molecule has 0 aromatic heterocycles. The van der Waals surface area contributed by atoms with Crippen LogP contribution in [0.25, 0.3) is 0 Å². The summed E-state index contributed by atoms with van der Waals surface area (Å²) in [5, 5.41) is 0.150. The fourth-order valence-electron chi connectivity index (χ4n) is 1.69. The molecule has 0 aliphatic heterocycles. The highest BCUT2D eigenvalue weighted by Crippen LogP contribution is 2.27. The predicted molar refractivity (Wildman–Crippen MR) is 84.3 cm³/mol. The highest BCUT2D eigenvalue weighted by atomic mass is 79.9. The monoisotopic (exact) mass is 374 g/mol. The fourth-order valence-corrected chi connectivity index (χ4v) is 3.83. The molecule has 0 radical (unpaired) electrons. The summed E-state index contributed by atoms with van der Waals surface area (Å²) in [5.74, 6) is 0. The van der Waals surface area contributed by atoms with Gasteiger partial charge in [0, 0.05) is 11.0 Å². The Bertz CT molecular complexity index is 735. The molecule has 106 valence electrons. The van der Waals surface area contributed by atoms with E-state index in [9.17, 15) is 8.42 Å². The van der Waals surface area contributed by atoms with Gasteiger partial charge in [-0.3, -0.25) is 4.72 Å². The maximum Gasteiger partial charge on any atom is 0.263 e. The minimum atomic E-state index is -3.75. The van der Waals surface area contributed by atoms with Gasteiger partial charge in [-0.15, -0.1) is 0 Å². The van der Waals surface area contributed by atoms with Gasteiger partial charge in [-0.05, 0) is 29.8 Å². The van der Waals surface area contributed by atoms with Crippen LogP contribution in [0.1, 0.15) is 5.56 Å². The van der Waals surface area contributed by atoms with Gasteiger partial charge in [0.1, 0.15) is 4.90 Å². The highest BCUT2D eigenvalue weighted by molar-refractivity contribution is 9.10. The van der Waals surface area contributed by atoms with Crippen molar-refractivity contribution >= 4 is 43.2 Å². The van der Waals surface area contributed by atoms with E-state index in [1.807, 2.05) is 0 Å². The van der Waals surface area contributed by atoms with E-state index in [1.165, 1.54) is 12.1 Å². The molecule has 0 aliphatic carbocycles. The molecule has 0 atom stereocenters. The summed E-state index contributed by atoms with van der Waals surface area (Å²) < 4.78 is 27.9. The summed E-state index contributed by atoms with van der Waals surface area (Å²) in [6.07, 6.45) is 0. The molecule has 2 rings (SSSR count). The largest absolute Gasteiger partial charge is 0.326 e. The Kier molecular flexibility index (Phi) is 4.70. The summed E-state index contributed by atoms with van der Waals surface area (Å²) in [7, 11) is -3.75. The number of nitrogens with one attached hydrogen (secondary N) is 1. The molecule has 2 aromatic rings. The van der Waals surface area contributed by atoms with Crippen LogP contribution in [0, 0.1) is 0 Å². The first-order valence-corrected chi connectivity index (χ1v) is 8.35. The molecule has 20 heavy (non-hydrogen) atoms. The first kappa shape index (κ1) is 15.3. The van der Waals surface area contributed by atoms with Gasteiger partial charge >= 0.3 is 0 Å². The van der Waals surface area contributed by atoms with E-state index in [1.54, 1.807) is 30.3 Å². The first-order chi connectivity index (χ1) is 9.44. The van der Waals surface area contributed by atoms with Crippen molar-refractivity contribution in [3.63, 3.8) is 0 Å². The number of hydrogen-bond donors (Lipinski definition) is 2. The van der Waals surface area contributed by atoms with Crippen molar-refractivity contribution in [1.29, 1.82) is 0 Å². The Labute approximate surface area is 131 Å². The Hall–Kier alpha value is -1.08. The van der Waals surface area contributed by atoms with Crippen molar-refractivity contribution in [3.8, 4) is 0 Å². The highest BCUT2D eigenvalue weighted by Gasteiger charge is 2.19. The van der Waals surface area contributed by atoms with Gasteiger partial charge in [0.2, 0.25) is 0 Å². The van der Waals surface area contributed by atoms with Crippen LogP contribution < -0.4 is 10.5 Å². The molecule has 0 spiro atoms. The summed E-state index contributed by atoms with van der Waals surface area (Å²) >= 11 is 9.22. The minimum absolute atomic E-state index is 0.0224. The fraction of sp³-hybridized carbons (Fsp3) is 0.0769. The van der Waals surface area contributed by atoms with Crippen LogP contribution >= 0.6 is 27.5 Å². The lowest BCUT2D eigenvalue weighted by Gasteiger charge is -2.12. The van der Waals surface area contributed by atoms with Crippen LogP contribution in [0.15, 0.2) is 51.8 Å². The topological polar surface area (TPSA) is 72.2 Å². The predicted octanol–water partition coefficient (Wildman–Crippen LogP) is 3.36. The van der Waals surface area contributed by atoms with Crippen LogP contribution in [0.2, 0.25) is 5.02 Å². The number of nitrogens with two attached hydrogens (primary N) is 1. The van der Waals surface area contributed by atoms with Crippen molar-refractivity contribution in [2.45, 2.75) is 11.4 Å². The average molecular weight is 376 g/mol. The number of hydrogen-bond acceptors (Lipinski definition) is 3. The number of sulfonamides is 1. The molecule has 0 heterocycles. The molecule has 2 aromatic carbocycles. The van der Waals surface area contributed by atoms with E-state index >= 15 is 0 Å². The maximum absolute atomic E-state index is 12.4. The third kappa shape index (κ3) is 3.32. The van der Waals surface area contributed by atoms with Crippen LogP contribution in [0.4, 0.5) is 5.69 Å². The maximum atomic E-state index is 12.4. The average Bonchev–Trinajstić information content (AvgIpc) is 2.38. The zero-order valence-electron chi connectivity index (χ0n) is 10.3. The quantitative estimate of drug-likeness (QED) is 0.860. The van der Waals surface area contributed by atoms with Gasteiger partial charge < -0.3 is 5.73 Å². The zero-order valence-corrected chi connectivity index (χ0v) is 13.5. The van der Waals surface area contributed by atoms with Crippen LogP contribution in [-0.4, -0.2) is 8.42 Å². The lowest BCUT2D eigenvalue weighted by molar-refractivity contribution is 0.601. The number of halogens is 2. The summed E-state index contributed by atoms with van der Waals surface area (Å²) in [4.78, 5) is 0.0224. The van der Waals surface area contributed by atoms with Crippen LogP contribution in [0.5, 0.6) is 0 Å². The number of para-hydroxylation sites is 1. The molecule has 7 heteroatoms. The number of benzene rings is 2. The van der Waals surface area contributed by atoms with Gasteiger partial charge in [-0.25, -0.2) is 8.42 Å². The number of anilines is 1. The van der Waals surface area contributed by atoms with E-state index in [2.05, 4.69) is 20.7 Å². The van der Waals surface area contributed by atoms with Crippen LogP contribution in [0.3, 0.4) is 0 Å². The molecule has 3 N–H and O–H groups in total. The molecule has 0 saturated heterocycles. The SMILES string of the molecule is NCc1ccccc1NS(=O)(=O)c1ccc(Br)cc1Cl. The molecular formula is C13H12BrClN2O2S. The standard InChI is InChI=1S/C13H12BrClN2O2S/c14-10-5-6-13(11(15)7-10)20(18,19)17-12-4-2-1-3-9(12)8-16/h1-7,17H,8,16H2. The molecule has 0 aliphatic rings. The zero-order chi connectivity index (χ0) is 14.8. The third-order valence-electron chi connectivity index (χ3n) is 2.67. The van der Waals surface area contributed by atoms with Gasteiger partial charge in [-0.1, -0.05) is 45.7 Å². The smallest absolute Gasteiger partial charge is 0.263 e. The molecule has 0 fully saturated rings. The van der Waals surface area contributed by atoms with Crippen molar-refractivity contribution in [3.05, 3.63) is 57.5 Å². The van der Waals surface area contributed by atoms with E-state index in [4.69, 9.17) is 17.3 Å². The van der Waals surface area contributed by atoms with Gasteiger partial charge in [0.25, 0.3) is 10.0 Å². The second-order valence-electron chi connectivity index (χ2n) is 4.04. The summed E-state index contributed by atoms with van der Waals surface area (Å²) in [6.45, 7) is 0.243. The Morgan fingerprint density at radius 2 is 1.90 bits per heavy atom. The number of rotatable bonds is 4. The third-order valence-corrected chi connectivity index (χ3v) is 5.01. The lowest BCUT2D eigenvalue weighted by Crippen LogP contribution is -2.15. The Morgan fingerprint density at radius 3 is 2.55 bits per heavy atom. The van der Waals surface area contributed by atoms with Crippen LogP contribution in [-0.2, 0) is 16.6 Å². The summed E-state index contributed by atoms with van der Waals surface area (Å²) in [5.41, 5.74) is 6.76. The second kappa shape index (κ2) is 6.13. The molecule has 0 bridgehead atoms. The van der Waals surface area contributed by atoms with Gasteiger partial charge in [0.05, 0.1) is 10.7 Å². The van der Waals surface area contributed by atoms with Gasteiger partial charge in [0.15, 0.2) is 0 Å². The molecule has 0 amide bonds. The minimum Gasteiger partial charge on any atom is -0.326 e. The molecule has 0 saturated carbocycles. The van der Waals surface area contributed by atoms with Crippen molar-refractivity contribution in [2.75, 3.05) is 4.72 Å². The Morgan fingerprint density at radius 1 is 1.20 bits per heavy atom. The molecular weight excluding hydrogens is 364 g/mol. The van der Waals surface area contributed by atoms with Crippen molar-refractivity contribution in [1.82, 2.24) is 0 Å². The van der Waals surface area contributed by atoms with E-state index in [-0.39, 0.29) is 16.5 Å². The van der Waals surface area contributed by atoms with Crippen molar-refractivity contribution in [2.24, 2.45) is 5.73 Å². The molecule has 0 unspecified atom stereocenters. The van der Waals surface area contributed by atoms with Gasteiger partial charge in [-0.2, -0.15) is 0 Å². The molecule has 4 nitrogen and oxygen atoms in total. The van der Waals surface area contributed by atoms with E-state index < -0.39 is 10.0 Å². The first-order valence-electron chi connectivity index (χ1n) is 5.70. The normalized spacial score (nSPS) is 11.3.